The zero-order valence-corrected chi connectivity index (χ0v) is 10.7. The largest absolute Gasteiger partial charge is 0.377 e. The third-order valence-corrected chi connectivity index (χ3v) is 2.78. The summed E-state index contributed by atoms with van der Waals surface area (Å²) in [5.41, 5.74) is 6.19. The lowest BCUT2D eigenvalue weighted by Crippen LogP contribution is -2.42. The van der Waals surface area contributed by atoms with E-state index in [2.05, 4.69) is 18.8 Å². The maximum Gasteiger partial charge on any atom is 0.110 e. The summed E-state index contributed by atoms with van der Waals surface area (Å²) in [7, 11) is 1.99. The lowest BCUT2D eigenvalue weighted by atomic mass is 9.97. The van der Waals surface area contributed by atoms with Crippen LogP contribution < -0.4 is 5.73 Å². The molecule has 0 spiro atoms. The molecular weight excluding hydrogens is 202 g/mol. The molecule has 0 radical (unpaired) electrons. The summed E-state index contributed by atoms with van der Waals surface area (Å²) in [5.74, 6) is 1.44. The van der Waals surface area contributed by atoms with Crippen LogP contribution in [0.2, 0.25) is 0 Å². The van der Waals surface area contributed by atoms with Crippen LogP contribution in [0.5, 0.6) is 0 Å². The Labute approximate surface area is 97.8 Å². The normalized spacial score (nSPS) is 15.4. The van der Waals surface area contributed by atoms with Crippen molar-refractivity contribution in [1.82, 2.24) is 9.55 Å². The molecule has 2 atom stereocenters. The van der Waals surface area contributed by atoms with Crippen molar-refractivity contribution in [1.29, 1.82) is 0 Å². The molecule has 0 fully saturated rings. The quantitative estimate of drug-likeness (QED) is 0.795. The second kappa shape index (κ2) is 6.01. The number of aromatic nitrogens is 2. The van der Waals surface area contributed by atoms with E-state index in [1.807, 2.05) is 24.7 Å². The topological polar surface area (TPSA) is 53.1 Å². The van der Waals surface area contributed by atoms with Crippen LogP contribution in [0.1, 0.15) is 26.6 Å². The summed E-state index contributed by atoms with van der Waals surface area (Å²) in [6, 6.07) is 0.000972. The van der Waals surface area contributed by atoms with Gasteiger partial charge in [-0.3, -0.25) is 0 Å². The van der Waals surface area contributed by atoms with E-state index in [4.69, 9.17) is 10.5 Å². The SMILES string of the molecule is CCOC(C(C)C)C(N)Cc1nccn1C. The molecule has 0 aliphatic rings. The van der Waals surface area contributed by atoms with E-state index in [0.717, 1.165) is 12.2 Å². The number of nitrogens with two attached hydrogens (primary N) is 1. The van der Waals surface area contributed by atoms with Crippen LogP contribution >= 0.6 is 0 Å². The molecular formula is C12H23N3O. The molecule has 0 aliphatic heterocycles. The zero-order chi connectivity index (χ0) is 12.1. The standard InChI is InChI=1S/C12H23N3O/c1-5-16-12(9(2)3)10(13)8-11-14-6-7-15(11)4/h6-7,9-10,12H,5,8,13H2,1-4H3. The first kappa shape index (κ1) is 13.2. The Kier molecular flexibility index (Phi) is 4.96. The highest BCUT2D eigenvalue weighted by Crippen LogP contribution is 2.13. The highest BCUT2D eigenvalue weighted by molar-refractivity contribution is 4.96. The molecule has 4 heteroatoms. The highest BCUT2D eigenvalue weighted by atomic mass is 16.5. The van der Waals surface area contributed by atoms with Crippen molar-refractivity contribution in [3.63, 3.8) is 0 Å². The summed E-state index contributed by atoms with van der Waals surface area (Å²) in [6.07, 6.45) is 4.59. The van der Waals surface area contributed by atoms with Crippen LogP contribution in [0.3, 0.4) is 0 Å². The molecule has 0 bridgehead atoms. The van der Waals surface area contributed by atoms with Gasteiger partial charge >= 0.3 is 0 Å². The van der Waals surface area contributed by atoms with E-state index in [1.165, 1.54) is 0 Å². The Morgan fingerprint density at radius 2 is 2.19 bits per heavy atom. The Morgan fingerprint density at radius 1 is 1.50 bits per heavy atom. The van der Waals surface area contributed by atoms with Gasteiger partial charge in [-0.1, -0.05) is 13.8 Å². The van der Waals surface area contributed by atoms with Gasteiger partial charge in [-0.15, -0.1) is 0 Å². The van der Waals surface area contributed by atoms with Gasteiger partial charge in [0.05, 0.1) is 6.10 Å². The molecule has 1 heterocycles. The Balaban J connectivity index is 2.62. The van der Waals surface area contributed by atoms with Crippen molar-refractivity contribution in [3.8, 4) is 0 Å². The first-order valence-electron chi connectivity index (χ1n) is 5.89. The Hall–Kier alpha value is -0.870. The third-order valence-electron chi connectivity index (χ3n) is 2.78. The van der Waals surface area contributed by atoms with Crippen LogP contribution in [0, 0.1) is 5.92 Å². The maximum absolute atomic E-state index is 6.19. The molecule has 0 aliphatic carbocycles. The number of imidazole rings is 1. The van der Waals surface area contributed by atoms with Gasteiger partial charge < -0.3 is 15.0 Å². The molecule has 0 saturated carbocycles. The first-order valence-corrected chi connectivity index (χ1v) is 5.89. The Bertz CT molecular complexity index is 309. The van der Waals surface area contributed by atoms with E-state index in [1.54, 1.807) is 6.20 Å². The van der Waals surface area contributed by atoms with Gasteiger partial charge in [0.2, 0.25) is 0 Å². The lowest BCUT2D eigenvalue weighted by Gasteiger charge is -2.26. The molecule has 92 valence electrons. The van der Waals surface area contributed by atoms with Gasteiger partial charge in [0.15, 0.2) is 0 Å². The minimum absolute atomic E-state index is 0.000972. The third kappa shape index (κ3) is 3.32. The Morgan fingerprint density at radius 3 is 2.62 bits per heavy atom. The van der Waals surface area contributed by atoms with E-state index < -0.39 is 0 Å². The van der Waals surface area contributed by atoms with Crippen LogP contribution in [-0.2, 0) is 18.2 Å². The van der Waals surface area contributed by atoms with Gasteiger partial charge in [0.1, 0.15) is 5.82 Å². The molecule has 0 aromatic carbocycles. The van der Waals surface area contributed by atoms with Gasteiger partial charge in [-0.2, -0.15) is 0 Å². The van der Waals surface area contributed by atoms with Gasteiger partial charge in [-0.25, -0.2) is 4.98 Å². The smallest absolute Gasteiger partial charge is 0.110 e. The number of hydrogen-bond acceptors (Lipinski definition) is 3. The fourth-order valence-corrected chi connectivity index (χ4v) is 1.92. The molecule has 0 amide bonds. The van der Waals surface area contributed by atoms with Crippen LogP contribution in [0.4, 0.5) is 0 Å². The van der Waals surface area contributed by atoms with Gasteiger partial charge in [0, 0.05) is 38.5 Å². The average molecular weight is 225 g/mol. The lowest BCUT2D eigenvalue weighted by molar-refractivity contribution is 0.0122. The summed E-state index contributed by atoms with van der Waals surface area (Å²) in [5, 5.41) is 0. The minimum atomic E-state index is 0.000972. The summed E-state index contributed by atoms with van der Waals surface area (Å²) < 4.78 is 7.69. The number of rotatable bonds is 6. The van der Waals surface area contributed by atoms with Crippen molar-refractivity contribution in [2.75, 3.05) is 6.61 Å². The summed E-state index contributed by atoms with van der Waals surface area (Å²) in [6.45, 7) is 6.98. The molecule has 1 aromatic heterocycles. The fourth-order valence-electron chi connectivity index (χ4n) is 1.92. The van der Waals surface area contributed by atoms with Crippen molar-refractivity contribution in [3.05, 3.63) is 18.2 Å². The van der Waals surface area contributed by atoms with Crippen LogP contribution in [0.25, 0.3) is 0 Å². The monoisotopic (exact) mass is 225 g/mol. The number of ether oxygens (including phenoxy) is 1. The zero-order valence-electron chi connectivity index (χ0n) is 10.7. The van der Waals surface area contributed by atoms with E-state index in [9.17, 15) is 0 Å². The second-order valence-electron chi connectivity index (χ2n) is 4.49. The van der Waals surface area contributed by atoms with Crippen LogP contribution in [0.15, 0.2) is 12.4 Å². The number of hydrogen-bond donors (Lipinski definition) is 1. The fraction of sp³-hybridized carbons (Fsp3) is 0.750. The molecule has 0 saturated heterocycles. The molecule has 1 aromatic rings. The van der Waals surface area contributed by atoms with Gasteiger partial charge in [0.25, 0.3) is 0 Å². The van der Waals surface area contributed by atoms with E-state index in [0.29, 0.717) is 12.5 Å². The summed E-state index contributed by atoms with van der Waals surface area (Å²) >= 11 is 0. The molecule has 4 nitrogen and oxygen atoms in total. The number of nitrogens with zero attached hydrogens (tertiary/aromatic N) is 2. The van der Waals surface area contributed by atoms with E-state index >= 15 is 0 Å². The molecule has 16 heavy (non-hydrogen) atoms. The van der Waals surface area contributed by atoms with Crippen molar-refractivity contribution in [2.24, 2.45) is 18.7 Å². The number of aryl methyl sites for hydroxylation is 1. The van der Waals surface area contributed by atoms with Crippen molar-refractivity contribution < 1.29 is 4.74 Å². The van der Waals surface area contributed by atoms with Crippen molar-refractivity contribution in [2.45, 2.75) is 39.3 Å². The first-order chi connectivity index (χ1) is 7.56. The minimum Gasteiger partial charge on any atom is -0.377 e. The molecule has 2 N–H and O–H groups in total. The van der Waals surface area contributed by atoms with E-state index in [-0.39, 0.29) is 12.1 Å². The summed E-state index contributed by atoms with van der Waals surface area (Å²) in [4.78, 5) is 4.29. The maximum atomic E-state index is 6.19. The second-order valence-corrected chi connectivity index (χ2v) is 4.49. The highest BCUT2D eigenvalue weighted by Gasteiger charge is 2.22. The predicted octanol–water partition coefficient (Wildman–Crippen LogP) is 1.35. The average Bonchev–Trinajstić information content (AvgIpc) is 2.60. The van der Waals surface area contributed by atoms with Crippen molar-refractivity contribution >= 4 is 0 Å². The molecule has 2 unspecified atom stereocenters. The predicted molar refractivity (Wildman–Crippen MR) is 65.1 cm³/mol. The van der Waals surface area contributed by atoms with Gasteiger partial charge in [-0.05, 0) is 12.8 Å². The van der Waals surface area contributed by atoms with Crippen LogP contribution in [-0.4, -0.2) is 28.3 Å². The molecule has 1 rings (SSSR count).